The van der Waals surface area contributed by atoms with Gasteiger partial charge in [0.1, 0.15) is 5.54 Å². The van der Waals surface area contributed by atoms with E-state index in [4.69, 9.17) is 10.5 Å². The summed E-state index contributed by atoms with van der Waals surface area (Å²) in [5.41, 5.74) is 4.81. The van der Waals surface area contributed by atoms with Crippen LogP contribution in [0.3, 0.4) is 0 Å². The quantitative estimate of drug-likeness (QED) is 0.764. The molecule has 0 aromatic rings. The summed E-state index contributed by atoms with van der Waals surface area (Å²) in [6.45, 7) is 6.41. The smallest absolute Gasteiger partial charge is 0.327 e. The molecular weight excluding hydrogens is 218 g/mol. The van der Waals surface area contributed by atoms with Gasteiger partial charge in [-0.1, -0.05) is 13.8 Å². The largest absolute Gasteiger partial charge is 0.468 e. The van der Waals surface area contributed by atoms with Crippen LogP contribution in [0.15, 0.2) is 0 Å². The first-order chi connectivity index (χ1) is 7.86. The minimum absolute atomic E-state index is 0.228. The summed E-state index contributed by atoms with van der Waals surface area (Å²) in [5, 5.41) is 0. The second-order valence-electron chi connectivity index (χ2n) is 5.61. The zero-order chi connectivity index (χ0) is 13.1. The Balaban J connectivity index is 2.38. The van der Waals surface area contributed by atoms with Gasteiger partial charge in [0, 0.05) is 0 Å². The number of hydrogen-bond acceptors (Lipinski definition) is 4. The first-order valence-corrected chi connectivity index (χ1v) is 6.35. The number of hydrogen-bond donors (Lipinski definition) is 1. The van der Waals surface area contributed by atoms with Crippen LogP contribution in [-0.4, -0.2) is 31.3 Å². The Labute approximate surface area is 104 Å². The molecule has 0 radical (unpaired) electrons. The third-order valence-corrected chi connectivity index (χ3v) is 3.82. The molecular formula is C13H25NO3. The Bertz CT molecular complexity index is 265. The van der Waals surface area contributed by atoms with Crippen molar-refractivity contribution in [2.75, 3.05) is 13.7 Å². The molecule has 1 aliphatic carbocycles. The molecule has 0 aliphatic heterocycles. The van der Waals surface area contributed by atoms with Crippen molar-refractivity contribution in [3.63, 3.8) is 0 Å². The summed E-state index contributed by atoms with van der Waals surface area (Å²) in [5.74, 6) is 1.02. The van der Waals surface area contributed by atoms with Crippen LogP contribution in [-0.2, 0) is 14.3 Å². The number of esters is 1. The van der Waals surface area contributed by atoms with E-state index in [1.54, 1.807) is 6.92 Å². The summed E-state index contributed by atoms with van der Waals surface area (Å²) in [6.07, 6.45) is 3.53. The maximum absolute atomic E-state index is 11.4. The summed E-state index contributed by atoms with van der Waals surface area (Å²) < 4.78 is 10.4. The van der Waals surface area contributed by atoms with E-state index in [1.165, 1.54) is 13.5 Å². The van der Waals surface area contributed by atoms with Gasteiger partial charge in [-0.15, -0.1) is 0 Å². The summed E-state index contributed by atoms with van der Waals surface area (Å²) >= 11 is 0. The molecule has 2 N–H and O–H groups in total. The van der Waals surface area contributed by atoms with E-state index < -0.39 is 11.5 Å². The monoisotopic (exact) mass is 243 g/mol. The fourth-order valence-corrected chi connectivity index (χ4v) is 2.23. The molecule has 1 saturated carbocycles. The lowest BCUT2D eigenvalue weighted by Gasteiger charge is -2.33. The van der Waals surface area contributed by atoms with Crippen LogP contribution in [0, 0.1) is 11.8 Å². The molecule has 4 nitrogen and oxygen atoms in total. The van der Waals surface area contributed by atoms with Crippen LogP contribution >= 0.6 is 0 Å². The second-order valence-corrected chi connectivity index (χ2v) is 5.61. The zero-order valence-electron chi connectivity index (χ0n) is 11.4. The standard InChI is InChI=1S/C13H25NO3/c1-9-5-6-11(7-10(9)2)17-8-13(3,14)12(15)16-4/h9-11H,5-8,14H2,1-4H3. The van der Waals surface area contributed by atoms with Crippen molar-refractivity contribution in [3.8, 4) is 0 Å². The van der Waals surface area contributed by atoms with Gasteiger partial charge in [0.05, 0.1) is 19.8 Å². The van der Waals surface area contributed by atoms with Gasteiger partial charge >= 0.3 is 5.97 Å². The number of carbonyl (C=O) groups is 1. The van der Waals surface area contributed by atoms with Crippen molar-refractivity contribution < 1.29 is 14.3 Å². The molecule has 4 heteroatoms. The fourth-order valence-electron chi connectivity index (χ4n) is 2.23. The van der Waals surface area contributed by atoms with Crippen LogP contribution in [0.4, 0.5) is 0 Å². The lowest BCUT2D eigenvalue weighted by Crippen LogP contribution is -2.50. The molecule has 17 heavy (non-hydrogen) atoms. The molecule has 100 valence electrons. The highest BCUT2D eigenvalue weighted by atomic mass is 16.5. The van der Waals surface area contributed by atoms with Crippen molar-refractivity contribution >= 4 is 5.97 Å². The Hall–Kier alpha value is -0.610. The molecule has 0 amide bonds. The van der Waals surface area contributed by atoms with Gasteiger partial charge in [-0.25, -0.2) is 4.79 Å². The highest BCUT2D eigenvalue weighted by Crippen LogP contribution is 2.31. The third-order valence-electron chi connectivity index (χ3n) is 3.82. The topological polar surface area (TPSA) is 61.5 Å². The normalized spacial score (nSPS) is 32.9. The summed E-state index contributed by atoms with van der Waals surface area (Å²) in [6, 6.07) is 0. The minimum atomic E-state index is -1.04. The average Bonchev–Trinajstić information content (AvgIpc) is 2.29. The van der Waals surface area contributed by atoms with Crippen molar-refractivity contribution in [3.05, 3.63) is 0 Å². The predicted molar refractivity (Wildman–Crippen MR) is 66.5 cm³/mol. The number of ether oxygens (including phenoxy) is 2. The van der Waals surface area contributed by atoms with Crippen LogP contribution in [0.25, 0.3) is 0 Å². The van der Waals surface area contributed by atoms with E-state index in [0.717, 1.165) is 18.8 Å². The average molecular weight is 243 g/mol. The molecule has 1 fully saturated rings. The molecule has 4 atom stereocenters. The van der Waals surface area contributed by atoms with Crippen LogP contribution < -0.4 is 5.73 Å². The Morgan fingerprint density at radius 1 is 1.35 bits per heavy atom. The minimum Gasteiger partial charge on any atom is -0.468 e. The molecule has 0 aromatic heterocycles. The molecule has 4 unspecified atom stereocenters. The van der Waals surface area contributed by atoms with E-state index in [9.17, 15) is 4.79 Å². The fraction of sp³-hybridized carbons (Fsp3) is 0.923. The number of carbonyl (C=O) groups excluding carboxylic acids is 1. The highest BCUT2D eigenvalue weighted by Gasteiger charge is 2.32. The Morgan fingerprint density at radius 2 is 2.00 bits per heavy atom. The number of nitrogens with two attached hydrogens (primary N) is 1. The predicted octanol–water partition coefficient (Wildman–Crippen LogP) is 1.72. The third kappa shape index (κ3) is 3.96. The van der Waals surface area contributed by atoms with Crippen molar-refractivity contribution in [2.45, 2.75) is 51.7 Å². The van der Waals surface area contributed by atoms with Gasteiger partial charge in [0.2, 0.25) is 0 Å². The first-order valence-electron chi connectivity index (χ1n) is 6.35. The van der Waals surface area contributed by atoms with Gasteiger partial charge in [0.15, 0.2) is 0 Å². The van der Waals surface area contributed by atoms with Gasteiger partial charge < -0.3 is 15.2 Å². The molecule has 0 spiro atoms. The molecule has 0 saturated heterocycles. The molecule has 0 aromatic carbocycles. The van der Waals surface area contributed by atoms with Crippen LogP contribution in [0.1, 0.15) is 40.0 Å². The van der Waals surface area contributed by atoms with Gasteiger partial charge in [-0.05, 0) is 38.0 Å². The lowest BCUT2D eigenvalue weighted by molar-refractivity contribution is -0.150. The zero-order valence-corrected chi connectivity index (χ0v) is 11.4. The summed E-state index contributed by atoms with van der Waals surface area (Å²) in [4.78, 5) is 11.4. The van der Waals surface area contributed by atoms with Crippen molar-refractivity contribution in [2.24, 2.45) is 17.6 Å². The lowest BCUT2D eigenvalue weighted by atomic mass is 9.80. The Morgan fingerprint density at radius 3 is 2.53 bits per heavy atom. The van der Waals surface area contributed by atoms with E-state index in [1.807, 2.05) is 0 Å². The van der Waals surface area contributed by atoms with E-state index in [-0.39, 0.29) is 12.7 Å². The first kappa shape index (κ1) is 14.5. The van der Waals surface area contributed by atoms with Gasteiger partial charge in [-0.3, -0.25) is 0 Å². The maximum atomic E-state index is 11.4. The number of rotatable bonds is 4. The second kappa shape index (κ2) is 5.83. The van der Waals surface area contributed by atoms with Gasteiger partial charge in [-0.2, -0.15) is 0 Å². The molecule has 1 aliphatic rings. The SMILES string of the molecule is COC(=O)C(C)(N)COC1CCC(C)C(C)C1. The highest BCUT2D eigenvalue weighted by molar-refractivity contribution is 5.80. The summed E-state index contributed by atoms with van der Waals surface area (Å²) in [7, 11) is 1.35. The maximum Gasteiger partial charge on any atom is 0.327 e. The molecule has 0 bridgehead atoms. The number of methoxy groups -OCH3 is 1. The van der Waals surface area contributed by atoms with E-state index >= 15 is 0 Å². The molecule has 0 heterocycles. The van der Waals surface area contributed by atoms with Gasteiger partial charge in [0.25, 0.3) is 0 Å². The van der Waals surface area contributed by atoms with Crippen LogP contribution in [0.5, 0.6) is 0 Å². The van der Waals surface area contributed by atoms with Crippen LogP contribution in [0.2, 0.25) is 0 Å². The van der Waals surface area contributed by atoms with E-state index in [2.05, 4.69) is 18.6 Å². The van der Waals surface area contributed by atoms with Crippen molar-refractivity contribution in [1.82, 2.24) is 0 Å². The van der Waals surface area contributed by atoms with E-state index in [0.29, 0.717) is 5.92 Å². The van der Waals surface area contributed by atoms with Crippen molar-refractivity contribution in [1.29, 1.82) is 0 Å². The molecule has 1 rings (SSSR count). The Kier molecular flexibility index (Phi) is 4.95.